The third-order valence-corrected chi connectivity index (χ3v) is 6.62. The molecule has 0 radical (unpaired) electrons. The number of carbonyl (C=O) groups is 1. The fourth-order valence-corrected chi connectivity index (χ4v) is 4.81. The summed E-state index contributed by atoms with van der Waals surface area (Å²) in [5.41, 5.74) is 3.42. The summed E-state index contributed by atoms with van der Waals surface area (Å²) in [4.78, 5) is 13.2. The van der Waals surface area contributed by atoms with Crippen LogP contribution in [0, 0.1) is 13.8 Å². The summed E-state index contributed by atoms with van der Waals surface area (Å²) in [5.74, 6) is 0.450. The van der Waals surface area contributed by atoms with Crippen LogP contribution in [0.2, 0.25) is 0 Å². The van der Waals surface area contributed by atoms with E-state index in [1.807, 2.05) is 13.0 Å². The average molecular weight is 447 g/mol. The molecule has 3 aromatic rings. The molecule has 1 aliphatic carbocycles. The molecule has 0 amide bonds. The van der Waals surface area contributed by atoms with Gasteiger partial charge in [0, 0.05) is 16.8 Å². The normalized spacial score (nSPS) is 14.7. The Morgan fingerprint density at radius 2 is 1.59 bits per heavy atom. The maximum absolute atomic E-state index is 13.2. The lowest BCUT2D eigenvalue weighted by atomic mass is 9.92. The van der Waals surface area contributed by atoms with E-state index >= 15 is 0 Å². The maximum atomic E-state index is 13.2. The molecule has 162 valence electrons. The molecule has 7 heteroatoms. The number of rotatable bonds is 5. The minimum absolute atomic E-state index is 0.150. The second-order valence-corrected chi connectivity index (χ2v) is 9.08. The van der Waals surface area contributed by atoms with Crippen LogP contribution in [0.1, 0.15) is 27.0 Å². The van der Waals surface area contributed by atoms with Crippen molar-refractivity contribution in [1.29, 1.82) is 0 Å². The van der Waals surface area contributed by atoms with Crippen molar-refractivity contribution in [1.82, 2.24) is 0 Å². The smallest absolute Gasteiger partial charge is 0.283 e. The van der Waals surface area contributed by atoms with Gasteiger partial charge in [-0.1, -0.05) is 36.4 Å². The molecule has 1 aliphatic rings. The first-order valence-electron chi connectivity index (χ1n) is 9.97. The highest BCUT2D eigenvalue weighted by atomic mass is 32.2. The molecule has 0 atom stereocenters. The molecule has 0 aliphatic heterocycles. The van der Waals surface area contributed by atoms with Crippen LogP contribution in [0.15, 0.2) is 87.8 Å². The zero-order valence-corrected chi connectivity index (χ0v) is 18.7. The zero-order chi connectivity index (χ0) is 22.9. The number of benzene rings is 3. The van der Waals surface area contributed by atoms with Crippen LogP contribution in [0.5, 0.6) is 5.75 Å². The predicted molar refractivity (Wildman–Crippen MR) is 125 cm³/mol. The Labute approximate surface area is 187 Å². The van der Waals surface area contributed by atoms with Crippen LogP contribution >= 0.6 is 0 Å². The van der Waals surface area contributed by atoms with Gasteiger partial charge >= 0.3 is 0 Å². The van der Waals surface area contributed by atoms with E-state index in [1.54, 1.807) is 74.7 Å². The molecule has 1 N–H and O–H groups in total. The third-order valence-electron chi connectivity index (χ3n) is 5.18. The van der Waals surface area contributed by atoms with Crippen LogP contribution in [0.25, 0.3) is 0 Å². The Kier molecular flexibility index (Phi) is 5.67. The summed E-state index contributed by atoms with van der Waals surface area (Å²) in [6.07, 6.45) is 1.48. The molecule has 0 unspecified atom stereocenters. The quantitative estimate of drug-likeness (QED) is 0.615. The standard InChI is InChI=1S/C25H22N2O4S/c1-16-8-9-17(2)24(14-16)32(29,30)27-22-15-23(25(28)21-7-5-4-6-20(21)22)26-18-10-12-19(31-3)13-11-18/h4-15,26H,1-3H3. The van der Waals surface area contributed by atoms with Crippen LogP contribution in [0.4, 0.5) is 5.69 Å². The fraction of sp³-hybridized carbons (Fsp3) is 0.120. The second kappa shape index (κ2) is 8.43. The minimum Gasteiger partial charge on any atom is -0.497 e. The van der Waals surface area contributed by atoms with Gasteiger partial charge in [-0.2, -0.15) is 12.8 Å². The molecule has 0 bridgehead atoms. The summed E-state index contributed by atoms with van der Waals surface area (Å²) in [6.45, 7) is 3.56. The van der Waals surface area contributed by atoms with Crippen LogP contribution < -0.4 is 10.1 Å². The van der Waals surface area contributed by atoms with Gasteiger partial charge in [-0.15, -0.1) is 0 Å². The van der Waals surface area contributed by atoms with Gasteiger partial charge in [0.1, 0.15) is 5.75 Å². The lowest BCUT2D eigenvalue weighted by molar-refractivity contribution is 0.103. The maximum Gasteiger partial charge on any atom is 0.283 e. The number of sulfonamides is 1. The van der Waals surface area contributed by atoms with Gasteiger partial charge in [0.25, 0.3) is 10.0 Å². The SMILES string of the molecule is COc1ccc(NC2=CC(=NS(=O)(=O)c3cc(C)ccc3C)c3ccccc3C2=O)cc1. The predicted octanol–water partition coefficient (Wildman–Crippen LogP) is 4.68. The van der Waals surface area contributed by atoms with Crippen molar-refractivity contribution in [3.05, 3.63) is 101 Å². The number of anilines is 1. The fourth-order valence-electron chi connectivity index (χ4n) is 3.49. The number of allylic oxidation sites excluding steroid dienone is 2. The van der Waals surface area contributed by atoms with Gasteiger partial charge in [0.05, 0.1) is 23.4 Å². The summed E-state index contributed by atoms with van der Waals surface area (Å²) in [7, 11) is -2.42. The van der Waals surface area contributed by atoms with E-state index in [1.165, 1.54) is 6.08 Å². The first-order valence-corrected chi connectivity index (χ1v) is 11.4. The Balaban J connectivity index is 1.81. The number of ether oxygens (including phenoxy) is 1. The Bertz CT molecular complexity index is 1370. The topological polar surface area (TPSA) is 84.8 Å². The zero-order valence-electron chi connectivity index (χ0n) is 17.9. The second-order valence-electron chi connectivity index (χ2n) is 7.51. The van der Waals surface area contributed by atoms with E-state index in [0.29, 0.717) is 28.1 Å². The molecule has 0 spiro atoms. The minimum atomic E-state index is -3.99. The number of nitrogens with one attached hydrogen (secondary N) is 1. The van der Waals surface area contributed by atoms with E-state index in [2.05, 4.69) is 9.71 Å². The van der Waals surface area contributed by atoms with Gasteiger partial charge < -0.3 is 10.1 Å². The van der Waals surface area contributed by atoms with Crippen LogP contribution in [0.3, 0.4) is 0 Å². The van der Waals surface area contributed by atoms with E-state index in [9.17, 15) is 13.2 Å². The van der Waals surface area contributed by atoms with E-state index < -0.39 is 10.0 Å². The number of methoxy groups -OCH3 is 1. The number of carbonyl (C=O) groups excluding carboxylic acids is 1. The van der Waals surface area contributed by atoms with Gasteiger partial charge in [0.15, 0.2) is 0 Å². The summed E-state index contributed by atoms with van der Waals surface area (Å²) in [6, 6.07) is 19.2. The Hall–Kier alpha value is -3.71. The number of Topliss-reactive ketones (excluding diaryl/α,β-unsaturated/α-hetero) is 1. The third kappa shape index (κ3) is 4.20. The number of ketones is 1. The first-order chi connectivity index (χ1) is 15.3. The molecule has 0 saturated carbocycles. The number of hydrogen-bond acceptors (Lipinski definition) is 5. The molecular formula is C25H22N2O4S. The van der Waals surface area contributed by atoms with Crippen molar-refractivity contribution in [2.24, 2.45) is 4.40 Å². The first kappa shape index (κ1) is 21.5. The monoisotopic (exact) mass is 446 g/mol. The number of nitrogens with zero attached hydrogens (tertiary/aromatic N) is 1. The average Bonchev–Trinajstić information content (AvgIpc) is 2.79. The van der Waals surface area contributed by atoms with Gasteiger partial charge in [-0.25, -0.2) is 0 Å². The number of fused-ring (bicyclic) bond motifs is 1. The van der Waals surface area contributed by atoms with Crippen molar-refractivity contribution in [3.63, 3.8) is 0 Å². The summed E-state index contributed by atoms with van der Waals surface area (Å²) < 4.78 is 35.6. The largest absolute Gasteiger partial charge is 0.497 e. The number of hydrogen-bond donors (Lipinski definition) is 1. The highest BCUT2D eigenvalue weighted by Crippen LogP contribution is 2.27. The van der Waals surface area contributed by atoms with Gasteiger partial charge in [0.2, 0.25) is 5.78 Å². The summed E-state index contributed by atoms with van der Waals surface area (Å²) >= 11 is 0. The molecule has 0 aromatic heterocycles. The molecule has 3 aromatic carbocycles. The Morgan fingerprint density at radius 1 is 0.906 bits per heavy atom. The highest BCUT2D eigenvalue weighted by Gasteiger charge is 2.26. The molecule has 0 heterocycles. The van der Waals surface area contributed by atoms with Crippen LogP contribution in [-0.2, 0) is 10.0 Å². The van der Waals surface area contributed by atoms with Crippen molar-refractivity contribution in [2.45, 2.75) is 18.7 Å². The van der Waals surface area contributed by atoms with E-state index in [-0.39, 0.29) is 22.1 Å². The lowest BCUT2D eigenvalue weighted by Gasteiger charge is -2.19. The molecule has 0 saturated heterocycles. The van der Waals surface area contributed by atoms with Crippen molar-refractivity contribution < 1.29 is 17.9 Å². The molecule has 4 rings (SSSR count). The number of aryl methyl sites for hydroxylation is 2. The highest BCUT2D eigenvalue weighted by molar-refractivity contribution is 7.90. The molecule has 32 heavy (non-hydrogen) atoms. The lowest BCUT2D eigenvalue weighted by Crippen LogP contribution is -2.22. The van der Waals surface area contributed by atoms with Crippen LogP contribution in [-0.4, -0.2) is 27.0 Å². The molecule has 6 nitrogen and oxygen atoms in total. The van der Waals surface area contributed by atoms with Crippen molar-refractivity contribution >= 4 is 27.2 Å². The van der Waals surface area contributed by atoms with E-state index in [0.717, 1.165) is 5.56 Å². The van der Waals surface area contributed by atoms with Gasteiger partial charge in [-0.05, 0) is 61.4 Å². The summed E-state index contributed by atoms with van der Waals surface area (Å²) in [5, 5.41) is 3.08. The Morgan fingerprint density at radius 3 is 2.28 bits per heavy atom. The molecule has 0 fully saturated rings. The van der Waals surface area contributed by atoms with Gasteiger partial charge in [-0.3, -0.25) is 4.79 Å². The molecular weight excluding hydrogens is 424 g/mol. The van der Waals surface area contributed by atoms with Crippen molar-refractivity contribution in [2.75, 3.05) is 12.4 Å². The van der Waals surface area contributed by atoms with Crippen molar-refractivity contribution in [3.8, 4) is 5.75 Å². The van der Waals surface area contributed by atoms with E-state index in [4.69, 9.17) is 4.74 Å².